The summed E-state index contributed by atoms with van der Waals surface area (Å²) in [6.45, 7) is 0. The summed E-state index contributed by atoms with van der Waals surface area (Å²) in [6, 6.07) is 10.6. The Morgan fingerprint density at radius 3 is 2.31 bits per heavy atom. The van der Waals surface area contributed by atoms with Crippen LogP contribution in [0, 0.1) is 0 Å². The number of nitrogen functional groups attached to an aromatic ring is 1. The first-order valence-corrected chi connectivity index (χ1v) is 7.38. The van der Waals surface area contributed by atoms with E-state index in [-0.39, 0.29) is 0 Å². The van der Waals surface area contributed by atoms with Gasteiger partial charge >= 0.3 is 0 Å². The number of rotatable bonds is 2. The van der Waals surface area contributed by atoms with E-state index in [9.17, 15) is 0 Å². The first-order chi connectivity index (χ1) is 7.83. The fourth-order valence-electron chi connectivity index (χ4n) is 1.50. The van der Waals surface area contributed by atoms with Gasteiger partial charge in [-0.25, -0.2) is 0 Å². The van der Waals surface area contributed by atoms with Crippen LogP contribution in [-0.4, -0.2) is 0 Å². The molecule has 3 heterocycles. The Labute approximate surface area is 106 Å². The van der Waals surface area contributed by atoms with E-state index in [0.717, 1.165) is 5.69 Å². The summed E-state index contributed by atoms with van der Waals surface area (Å²) in [7, 11) is 0. The highest BCUT2D eigenvalue weighted by atomic mass is 32.1. The van der Waals surface area contributed by atoms with Gasteiger partial charge in [0.1, 0.15) is 0 Å². The maximum Gasteiger partial charge on any atom is 0.0463 e. The molecule has 0 spiro atoms. The van der Waals surface area contributed by atoms with Gasteiger partial charge in [-0.2, -0.15) is 0 Å². The van der Waals surface area contributed by atoms with Gasteiger partial charge in [-0.15, -0.1) is 34.0 Å². The Morgan fingerprint density at radius 1 is 0.875 bits per heavy atom. The lowest BCUT2D eigenvalue weighted by Gasteiger charge is -1.89. The zero-order valence-electron chi connectivity index (χ0n) is 8.34. The molecule has 0 amide bonds. The molecule has 80 valence electrons. The zero-order chi connectivity index (χ0) is 11.0. The van der Waals surface area contributed by atoms with Crippen molar-refractivity contribution >= 4 is 39.7 Å². The molecule has 3 rings (SSSR count). The molecule has 1 nitrogen and oxygen atoms in total. The summed E-state index contributed by atoms with van der Waals surface area (Å²) in [5, 5.41) is 4.09. The number of hydrogen-bond acceptors (Lipinski definition) is 4. The Hall–Kier alpha value is -1.10. The van der Waals surface area contributed by atoms with Crippen LogP contribution in [0.3, 0.4) is 0 Å². The number of hydrogen-bond donors (Lipinski definition) is 1. The number of thiophene rings is 3. The van der Waals surface area contributed by atoms with Crippen molar-refractivity contribution < 1.29 is 0 Å². The van der Waals surface area contributed by atoms with Gasteiger partial charge in [-0.05, 0) is 29.6 Å². The van der Waals surface area contributed by atoms with Crippen molar-refractivity contribution in [2.75, 3.05) is 5.73 Å². The summed E-state index contributed by atoms with van der Waals surface area (Å²) < 4.78 is 0. The Balaban J connectivity index is 2.00. The summed E-state index contributed by atoms with van der Waals surface area (Å²) in [4.78, 5) is 5.22. The average Bonchev–Trinajstić information content (AvgIpc) is 2.97. The molecule has 0 aliphatic heterocycles. The maximum absolute atomic E-state index is 5.73. The fourth-order valence-corrected chi connectivity index (χ4v) is 4.24. The summed E-state index contributed by atoms with van der Waals surface area (Å²) in [5.41, 5.74) is 6.59. The quantitative estimate of drug-likeness (QED) is 0.707. The monoisotopic (exact) mass is 263 g/mol. The summed E-state index contributed by atoms with van der Waals surface area (Å²) in [5.74, 6) is 0. The second-order valence-electron chi connectivity index (χ2n) is 3.39. The topological polar surface area (TPSA) is 26.0 Å². The van der Waals surface area contributed by atoms with E-state index in [0.29, 0.717) is 0 Å². The third-order valence-electron chi connectivity index (χ3n) is 2.23. The zero-order valence-corrected chi connectivity index (χ0v) is 10.8. The van der Waals surface area contributed by atoms with E-state index in [1.54, 1.807) is 22.7 Å². The lowest BCUT2D eigenvalue weighted by atomic mass is 10.3. The average molecular weight is 263 g/mol. The summed E-state index contributed by atoms with van der Waals surface area (Å²) in [6.07, 6.45) is 0. The van der Waals surface area contributed by atoms with Crippen molar-refractivity contribution in [1.29, 1.82) is 0 Å². The van der Waals surface area contributed by atoms with Crippen LogP contribution in [-0.2, 0) is 0 Å². The second kappa shape index (κ2) is 4.05. The van der Waals surface area contributed by atoms with Crippen molar-refractivity contribution in [3.05, 3.63) is 41.1 Å². The molecule has 3 aromatic rings. The van der Waals surface area contributed by atoms with Crippen LogP contribution in [0.2, 0.25) is 0 Å². The predicted molar refractivity (Wildman–Crippen MR) is 75.4 cm³/mol. The molecule has 4 heteroatoms. The van der Waals surface area contributed by atoms with Gasteiger partial charge in [0, 0.05) is 30.6 Å². The second-order valence-corrected chi connectivity index (χ2v) is 6.33. The SMILES string of the molecule is Nc1csc(-c2ccc(-c3cccs3)s2)c1. The molecule has 0 aromatic carbocycles. The molecule has 0 aliphatic carbocycles. The van der Waals surface area contributed by atoms with Crippen molar-refractivity contribution in [2.24, 2.45) is 0 Å². The molecule has 16 heavy (non-hydrogen) atoms. The molecule has 0 radical (unpaired) electrons. The highest BCUT2D eigenvalue weighted by molar-refractivity contribution is 7.25. The van der Waals surface area contributed by atoms with E-state index in [4.69, 9.17) is 5.73 Å². The van der Waals surface area contributed by atoms with Crippen LogP contribution in [0.4, 0.5) is 5.69 Å². The first-order valence-electron chi connectivity index (χ1n) is 4.81. The van der Waals surface area contributed by atoms with Crippen LogP contribution in [0.25, 0.3) is 19.5 Å². The highest BCUT2D eigenvalue weighted by Crippen LogP contribution is 2.39. The minimum Gasteiger partial charge on any atom is -0.398 e. The molecule has 0 saturated heterocycles. The van der Waals surface area contributed by atoms with Crippen LogP contribution < -0.4 is 5.73 Å². The molecule has 0 unspecified atom stereocenters. The van der Waals surface area contributed by atoms with Crippen LogP contribution in [0.5, 0.6) is 0 Å². The van der Waals surface area contributed by atoms with Gasteiger partial charge in [-0.1, -0.05) is 6.07 Å². The molecule has 0 fully saturated rings. The molecular weight excluding hydrogens is 254 g/mol. The summed E-state index contributed by atoms with van der Waals surface area (Å²) >= 11 is 5.30. The van der Waals surface area contributed by atoms with Crippen molar-refractivity contribution in [1.82, 2.24) is 0 Å². The third-order valence-corrected chi connectivity index (χ3v) is 5.53. The number of nitrogens with two attached hydrogens (primary N) is 1. The van der Waals surface area contributed by atoms with Crippen LogP contribution >= 0.6 is 34.0 Å². The van der Waals surface area contributed by atoms with Crippen molar-refractivity contribution in [3.63, 3.8) is 0 Å². The predicted octanol–water partition coefficient (Wildman–Crippen LogP) is 4.79. The molecule has 0 saturated carbocycles. The lowest BCUT2D eigenvalue weighted by Crippen LogP contribution is -1.75. The largest absolute Gasteiger partial charge is 0.398 e. The molecule has 0 aliphatic rings. The van der Waals surface area contributed by atoms with E-state index in [1.807, 2.05) is 22.8 Å². The maximum atomic E-state index is 5.73. The molecular formula is C12H9NS3. The van der Waals surface area contributed by atoms with E-state index < -0.39 is 0 Å². The van der Waals surface area contributed by atoms with Crippen LogP contribution in [0.1, 0.15) is 0 Å². The smallest absolute Gasteiger partial charge is 0.0463 e. The molecule has 0 bridgehead atoms. The van der Waals surface area contributed by atoms with Gasteiger partial charge in [0.2, 0.25) is 0 Å². The molecule has 0 atom stereocenters. The standard InChI is InChI=1S/C12H9NS3/c13-8-6-12(15-7-8)11-4-3-10(16-11)9-2-1-5-14-9/h1-7H,13H2. The van der Waals surface area contributed by atoms with Crippen molar-refractivity contribution in [3.8, 4) is 19.5 Å². The van der Waals surface area contributed by atoms with Gasteiger partial charge in [-0.3, -0.25) is 0 Å². The fraction of sp³-hybridized carbons (Fsp3) is 0. The third kappa shape index (κ3) is 1.80. The van der Waals surface area contributed by atoms with Gasteiger partial charge < -0.3 is 5.73 Å². The minimum absolute atomic E-state index is 0.853. The Bertz CT molecular complexity index is 589. The highest BCUT2D eigenvalue weighted by Gasteiger charge is 2.07. The van der Waals surface area contributed by atoms with Gasteiger partial charge in [0.15, 0.2) is 0 Å². The number of anilines is 1. The van der Waals surface area contributed by atoms with Crippen LogP contribution in [0.15, 0.2) is 41.1 Å². The Morgan fingerprint density at radius 2 is 1.69 bits per heavy atom. The lowest BCUT2D eigenvalue weighted by molar-refractivity contribution is 1.86. The van der Waals surface area contributed by atoms with Crippen molar-refractivity contribution in [2.45, 2.75) is 0 Å². The molecule has 2 N–H and O–H groups in total. The van der Waals surface area contributed by atoms with Gasteiger partial charge in [0.05, 0.1) is 0 Å². The van der Waals surface area contributed by atoms with E-state index >= 15 is 0 Å². The van der Waals surface area contributed by atoms with E-state index in [2.05, 4.69) is 29.6 Å². The van der Waals surface area contributed by atoms with Gasteiger partial charge in [0.25, 0.3) is 0 Å². The normalized spacial score (nSPS) is 10.8. The Kier molecular flexibility index (Phi) is 2.55. The van der Waals surface area contributed by atoms with E-state index in [1.165, 1.54) is 19.5 Å². The minimum atomic E-state index is 0.853. The molecule has 3 aromatic heterocycles. The first kappa shape index (κ1) is 10.1.